The lowest BCUT2D eigenvalue weighted by molar-refractivity contribution is 0.597. The van der Waals surface area contributed by atoms with Gasteiger partial charge in [0.05, 0.1) is 11.7 Å². The van der Waals surface area contributed by atoms with Gasteiger partial charge in [0.25, 0.3) is 0 Å². The summed E-state index contributed by atoms with van der Waals surface area (Å²) in [5, 5.41) is 0. The standard InChI is InChI=1S/C12H15N3S/c13-11-3-1-2-10-8-14-12(15(10)11)9-4-6-16-7-5-9/h1-3,8-9H,4-7,13H2. The van der Waals surface area contributed by atoms with E-state index in [1.807, 2.05) is 30.1 Å². The van der Waals surface area contributed by atoms with Gasteiger partial charge in [-0.3, -0.25) is 4.40 Å². The molecule has 0 bridgehead atoms. The number of fused-ring (bicyclic) bond motifs is 1. The Morgan fingerprint density at radius 2 is 2.12 bits per heavy atom. The fourth-order valence-electron chi connectivity index (χ4n) is 2.34. The molecule has 1 fully saturated rings. The van der Waals surface area contributed by atoms with Gasteiger partial charge >= 0.3 is 0 Å². The minimum absolute atomic E-state index is 0.577. The molecule has 2 aromatic heterocycles. The number of nitrogens with two attached hydrogens (primary N) is 1. The highest BCUT2D eigenvalue weighted by atomic mass is 32.2. The van der Waals surface area contributed by atoms with E-state index >= 15 is 0 Å². The predicted octanol–water partition coefficient (Wildman–Crippen LogP) is 2.53. The molecule has 84 valence electrons. The van der Waals surface area contributed by atoms with Gasteiger partial charge in [-0.15, -0.1) is 0 Å². The number of hydrogen-bond donors (Lipinski definition) is 1. The molecule has 0 radical (unpaired) electrons. The molecule has 0 amide bonds. The zero-order valence-electron chi connectivity index (χ0n) is 9.10. The van der Waals surface area contributed by atoms with Crippen LogP contribution in [0.3, 0.4) is 0 Å². The second kappa shape index (κ2) is 4.01. The lowest BCUT2D eigenvalue weighted by atomic mass is 10.0. The fourth-order valence-corrected chi connectivity index (χ4v) is 3.45. The molecule has 2 N–H and O–H groups in total. The highest BCUT2D eigenvalue weighted by Gasteiger charge is 2.20. The van der Waals surface area contributed by atoms with Crippen LogP contribution in [-0.4, -0.2) is 20.9 Å². The van der Waals surface area contributed by atoms with Crippen LogP contribution in [0.4, 0.5) is 5.82 Å². The van der Waals surface area contributed by atoms with Crippen LogP contribution in [0.5, 0.6) is 0 Å². The van der Waals surface area contributed by atoms with Crippen LogP contribution in [0.15, 0.2) is 24.4 Å². The van der Waals surface area contributed by atoms with Crippen LogP contribution in [0.25, 0.3) is 5.52 Å². The van der Waals surface area contributed by atoms with Crippen molar-refractivity contribution < 1.29 is 0 Å². The Morgan fingerprint density at radius 1 is 1.31 bits per heavy atom. The Balaban J connectivity index is 2.09. The summed E-state index contributed by atoms with van der Waals surface area (Å²) in [6.45, 7) is 0. The zero-order chi connectivity index (χ0) is 11.0. The van der Waals surface area contributed by atoms with Crippen LogP contribution < -0.4 is 5.73 Å². The van der Waals surface area contributed by atoms with Crippen molar-refractivity contribution in [1.29, 1.82) is 0 Å². The van der Waals surface area contributed by atoms with E-state index in [1.165, 1.54) is 24.3 Å². The van der Waals surface area contributed by atoms with E-state index in [0.29, 0.717) is 5.92 Å². The highest BCUT2D eigenvalue weighted by Crippen LogP contribution is 2.31. The molecule has 1 aliphatic rings. The van der Waals surface area contributed by atoms with Crippen molar-refractivity contribution in [2.24, 2.45) is 0 Å². The summed E-state index contributed by atoms with van der Waals surface area (Å²) in [5.74, 6) is 5.00. The number of rotatable bonds is 1. The van der Waals surface area contributed by atoms with Gasteiger partial charge in [-0.2, -0.15) is 11.8 Å². The number of anilines is 1. The number of thioether (sulfide) groups is 1. The first-order valence-corrected chi connectivity index (χ1v) is 6.81. The second-order valence-corrected chi connectivity index (χ2v) is 5.44. The normalized spacial score (nSPS) is 18.0. The molecule has 3 heterocycles. The maximum atomic E-state index is 6.03. The monoisotopic (exact) mass is 233 g/mol. The number of nitrogen functional groups attached to an aromatic ring is 1. The first-order chi connectivity index (χ1) is 7.86. The van der Waals surface area contributed by atoms with Crippen molar-refractivity contribution in [3.63, 3.8) is 0 Å². The fraction of sp³-hybridized carbons (Fsp3) is 0.417. The summed E-state index contributed by atoms with van der Waals surface area (Å²) in [6, 6.07) is 5.98. The molecule has 0 saturated carbocycles. The van der Waals surface area contributed by atoms with Crippen LogP contribution in [-0.2, 0) is 0 Å². The molecular formula is C12H15N3S. The van der Waals surface area contributed by atoms with Gasteiger partial charge in [0, 0.05) is 5.92 Å². The molecule has 2 aromatic rings. The largest absolute Gasteiger partial charge is 0.385 e. The Kier molecular flexibility index (Phi) is 2.52. The van der Waals surface area contributed by atoms with Gasteiger partial charge in [-0.05, 0) is 36.5 Å². The summed E-state index contributed by atoms with van der Waals surface area (Å²) in [7, 11) is 0. The smallest absolute Gasteiger partial charge is 0.118 e. The predicted molar refractivity (Wildman–Crippen MR) is 68.9 cm³/mol. The highest BCUT2D eigenvalue weighted by molar-refractivity contribution is 7.99. The lowest BCUT2D eigenvalue weighted by Gasteiger charge is -2.20. The van der Waals surface area contributed by atoms with Gasteiger partial charge < -0.3 is 5.73 Å². The number of hydrogen-bond acceptors (Lipinski definition) is 3. The summed E-state index contributed by atoms with van der Waals surface area (Å²) in [6.07, 6.45) is 4.36. The van der Waals surface area contributed by atoms with Crippen molar-refractivity contribution in [1.82, 2.24) is 9.38 Å². The quantitative estimate of drug-likeness (QED) is 0.823. The molecule has 0 atom stereocenters. The Morgan fingerprint density at radius 3 is 2.94 bits per heavy atom. The van der Waals surface area contributed by atoms with Gasteiger partial charge in [-0.25, -0.2) is 4.98 Å². The maximum Gasteiger partial charge on any atom is 0.118 e. The first kappa shape index (κ1) is 10.0. The van der Waals surface area contributed by atoms with E-state index < -0.39 is 0 Å². The average molecular weight is 233 g/mol. The SMILES string of the molecule is Nc1cccc2cnc(C3CCSCC3)n12. The Bertz CT molecular complexity index is 500. The van der Waals surface area contributed by atoms with E-state index in [0.717, 1.165) is 17.2 Å². The summed E-state index contributed by atoms with van der Waals surface area (Å²) in [5.41, 5.74) is 7.13. The molecule has 1 saturated heterocycles. The molecule has 0 spiro atoms. The van der Waals surface area contributed by atoms with E-state index in [-0.39, 0.29) is 0 Å². The van der Waals surface area contributed by atoms with E-state index in [1.54, 1.807) is 0 Å². The maximum absolute atomic E-state index is 6.03. The number of aromatic nitrogens is 2. The summed E-state index contributed by atoms with van der Waals surface area (Å²) < 4.78 is 2.10. The van der Waals surface area contributed by atoms with Gasteiger partial charge in [0.1, 0.15) is 11.6 Å². The molecule has 3 rings (SSSR count). The number of pyridine rings is 1. The van der Waals surface area contributed by atoms with Crippen LogP contribution >= 0.6 is 11.8 Å². The summed E-state index contributed by atoms with van der Waals surface area (Å²) >= 11 is 2.04. The average Bonchev–Trinajstić information content (AvgIpc) is 2.75. The molecule has 16 heavy (non-hydrogen) atoms. The first-order valence-electron chi connectivity index (χ1n) is 5.66. The number of imidazole rings is 1. The molecule has 4 heteroatoms. The third-order valence-corrected chi connectivity index (χ3v) is 4.24. The molecular weight excluding hydrogens is 218 g/mol. The van der Waals surface area contributed by atoms with Crippen molar-refractivity contribution in [3.05, 3.63) is 30.2 Å². The third kappa shape index (κ3) is 1.57. The molecule has 3 nitrogen and oxygen atoms in total. The molecule has 0 aromatic carbocycles. The van der Waals surface area contributed by atoms with Crippen LogP contribution in [0, 0.1) is 0 Å². The van der Waals surface area contributed by atoms with Gasteiger partial charge in [0.2, 0.25) is 0 Å². The molecule has 0 aliphatic carbocycles. The lowest BCUT2D eigenvalue weighted by Crippen LogP contribution is -2.12. The van der Waals surface area contributed by atoms with Crippen molar-refractivity contribution in [2.75, 3.05) is 17.2 Å². The minimum atomic E-state index is 0.577. The molecule has 1 aliphatic heterocycles. The van der Waals surface area contributed by atoms with E-state index in [2.05, 4.69) is 15.5 Å². The Labute approximate surface area is 99.1 Å². The minimum Gasteiger partial charge on any atom is -0.385 e. The number of nitrogens with zero attached hydrogens (tertiary/aromatic N) is 2. The topological polar surface area (TPSA) is 43.3 Å². The van der Waals surface area contributed by atoms with Crippen molar-refractivity contribution in [2.45, 2.75) is 18.8 Å². The molecule has 0 unspecified atom stereocenters. The van der Waals surface area contributed by atoms with Gasteiger partial charge in [0.15, 0.2) is 0 Å². The zero-order valence-corrected chi connectivity index (χ0v) is 9.91. The van der Waals surface area contributed by atoms with E-state index in [4.69, 9.17) is 5.73 Å². The van der Waals surface area contributed by atoms with Crippen molar-refractivity contribution in [3.8, 4) is 0 Å². The van der Waals surface area contributed by atoms with Crippen LogP contribution in [0.2, 0.25) is 0 Å². The third-order valence-electron chi connectivity index (χ3n) is 3.20. The Hall–Kier alpha value is -1.16. The summed E-state index contributed by atoms with van der Waals surface area (Å²) in [4.78, 5) is 4.55. The van der Waals surface area contributed by atoms with Crippen LogP contribution in [0.1, 0.15) is 24.6 Å². The van der Waals surface area contributed by atoms with Gasteiger partial charge in [-0.1, -0.05) is 6.07 Å². The van der Waals surface area contributed by atoms with E-state index in [9.17, 15) is 0 Å². The second-order valence-electron chi connectivity index (χ2n) is 4.21. The van der Waals surface area contributed by atoms with Crippen molar-refractivity contribution >= 4 is 23.1 Å².